The van der Waals surface area contributed by atoms with Crippen molar-refractivity contribution < 1.29 is 9.50 Å². The van der Waals surface area contributed by atoms with Crippen LogP contribution in [0, 0.1) is 17.2 Å². The predicted molar refractivity (Wildman–Crippen MR) is 121 cm³/mol. The molecule has 3 atom stereocenters. The molecule has 2 aliphatic carbocycles. The number of benzene rings is 1. The van der Waals surface area contributed by atoms with Gasteiger partial charge in [-0.25, -0.2) is 9.07 Å². The molecule has 0 radical (unpaired) electrons. The van der Waals surface area contributed by atoms with E-state index in [4.69, 9.17) is 0 Å². The fourth-order valence-corrected chi connectivity index (χ4v) is 6.32. The van der Waals surface area contributed by atoms with E-state index in [-0.39, 0.29) is 17.8 Å². The minimum Gasteiger partial charge on any atom is -0.395 e. The van der Waals surface area contributed by atoms with Crippen LogP contribution in [0.15, 0.2) is 53.3 Å². The van der Waals surface area contributed by atoms with Gasteiger partial charge in [0.1, 0.15) is 5.82 Å². The molecule has 1 fully saturated rings. The lowest BCUT2D eigenvalue weighted by molar-refractivity contribution is 0.104. The highest BCUT2D eigenvalue weighted by Crippen LogP contribution is 2.51. The summed E-state index contributed by atoms with van der Waals surface area (Å²) >= 11 is 1.88. The summed E-state index contributed by atoms with van der Waals surface area (Å²) in [5.41, 5.74) is 4.17. The zero-order valence-electron chi connectivity index (χ0n) is 17.8. The first kappa shape index (κ1) is 20.5. The maximum absolute atomic E-state index is 13.3. The molecule has 7 heteroatoms. The molecule has 1 unspecified atom stereocenters. The quantitative estimate of drug-likeness (QED) is 0.590. The molecule has 0 aliphatic heterocycles. The first-order valence-electron chi connectivity index (χ1n) is 10.8. The van der Waals surface area contributed by atoms with Gasteiger partial charge >= 0.3 is 0 Å². The van der Waals surface area contributed by atoms with Gasteiger partial charge in [-0.15, -0.1) is 11.8 Å². The fourth-order valence-electron chi connectivity index (χ4n) is 5.14. The minimum absolute atomic E-state index is 0.154. The summed E-state index contributed by atoms with van der Waals surface area (Å²) in [6, 6.07) is 6.43. The molecule has 2 aliphatic rings. The second-order valence-corrected chi connectivity index (χ2v) is 10.4. The molecule has 162 valence electrons. The molecule has 0 saturated heterocycles. The molecule has 1 N–H and O–H groups in total. The molecular weight excluding hydrogens is 411 g/mol. The van der Waals surface area contributed by atoms with Crippen LogP contribution in [0.1, 0.15) is 37.4 Å². The SMILES string of the molecule is CC(Sc1cnn(C)c1)[C@H]1CCC2=Cc3c(cnn3-c3ccc(F)cc3)C[C@]2(CO)C1. The second-order valence-electron chi connectivity index (χ2n) is 8.90. The van der Waals surface area contributed by atoms with Gasteiger partial charge in [-0.3, -0.25) is 4.68 Å². The summed E-state index contributed by atoms with van der Waals surface area (Å²) in [5.74, 6) is 0.280. The van der Waals surface area contributed by atoms with E-state index >= 15 is 0 Å². The van der Waals surface area contributed by atoms with Crippen LogP contribution >= 0.6 is 11.8 Å². The molecule has 5 rings (SSSR count). The van der Waals surface area contributed by atoms with E-state index in [1.165, 1.54) is 22.6 Å². The van der Waals surface area contributed by atoms with Crippen molar-refractivity contribution >= 4 is 17.8 Å². The van der Waals surface area contributed by atoms with Crippen LogP contribution in [0.5, 0.6) is 0 Å². The Morgan fingerprint density at radius 2 is 2.06 bits per heavy atom. The Kier molecular flexibility index (Phi) is 5.26. The predicted octanol–water partition coefficient (Wildman–Crippen LogP) is 4.64. The summed E-state index contributed by atoms with van der Waals surface area (Å²) in [5, 5.41) is 19.8. The van der Waals surface area contributed by atoms with E-state index in [0.29, 0.717) is 11.2 Å². The maximum Gasteiger partial charge on any atom is 0.123 e. The highest BCUT2D eigenvalue weighted by Gasteiger charge is 2.44. The number of aryl methyl sites for hydroxylation is 1. The van der Waals surface area contributed by atoms with Gasteiger partial charge in [0.05, 0.1) is 30.4 Å². The molecule has 0 bridgehead atoms. The lowest BCUT2D eigenvalue weighted by Gasteiger charge is -2.45. The third-order valence-electron chi connectivity index (χ3n) is 6.89. The monoisotopic (exact) mass is 438 g/mol. The molecule has 0 spiro atoms. The van der Waals surface area contributed by atoms with Crippen molar-refractivity contribution in [2.45, 2.75) is 42.8 Å². The van der Waals surface area contributed by atoms with Crippen molar-refractivity contribution in [3.63, 3.8) is 0 Å². The number of aliphatic hydroxyl groups excluding tert-OH is 1. The van der Waals surface area contributed by atoms with Crippen molar-refractivity contribution in [1.29, 1.82) is 0 Å². The Hall–Kier alpha value is -2.38. The van der Waals surface area contributed by atoms with Crippen LogP contribution in [0.25, 0.3) is 11.8 Å². The molecule has 0 amide bonds. The summed E-state index contributed by atoms with van der Waals surface area (Å²) in [6.45, 7) is 2.45. The smallest absolute Gasteiger partial charge is 0.123 e. The Bertz CT molecular complexity index is 1120. The summed E-state index contributed by atoms with van der Waals surface area (Å²) in [7, 11) is 1.94. The average molecular weight is 439 g/mol. The first-order chi connectivity index (χ1) is 15.0. The maximum atomic E-state index is 13.3. The highest BCUT2D eigenvalue weighted by molar-refractivity contribution is 8.00. The Balaban J connectivity index is 1.40. The normalized spacial score (nSPS) is 23.7. The second kappa shape index (κ2) is 7.95. The van der Waals surface area contributed by atoms with Gasteiger partial charge in [0.15, 0.2) is 0 Å². The van der Waals surface area contributed by atoms with E-state index in [9.17, 15) is 9.50 Å². The highest BCUT2D eigenvalue weighted by atomic mass is 32.2. The van der Waals surface area contributed by atoms with Gasteiger partial charge in [-0.2, -0.15) is 10.2 Å². The summed E-state index contributed by atoms with van der Waals surface area (Å²) < 4.78 is 17.1. The van der Waals surface area contributed by atoms with E-state index in [2.05, 4.69) is 29.4 Å². The van der Waals surface area contributed by atoms with Crippen LogP contribution < -0.4 is 0 Å². The van der Waals surface area contributed by atoms with Crippen molar-refractivity contribution in [2.24, 2.45) is 18.4 Å². The molecule has 2 aromatic heterocycles. The van der Waals surface area contributed by atoms with E-state index in [0.717, 1.165) is 42.6 Å². The summed E-state index contributed by atoms with van der Waals surface area (Å²) in [6.07, 6.45) is 12.0. The van der Waals surface area contributed by atoms with E-state index < -0.39 is 0 Å². The summed E-state index contributed by atoms with van der Waals surface area (Å²) in [4.78, 5) is 1.20. The number of aromatic nitrogens is 4. The molecule has 5 nitrogen and oxygen atoms in total. The van der Waals surface area contributed by atoms with Crippen LogP contribution in [0.2, 0.25) is 0 Å². The third-order valence-corrected chi connectivity index (χ3v) is 8.13. The van der Waals surface area contributed by atoms with Crippen LogP contribution in [-0.2, 0) is 13.5 Å². The van der Waals surface area contributed by atoms with Crippen LogP contribution in [0.4, 0.5) is 4.39 Å². The van der Waals surface area contributed by atoms with Crippen molar-refractivity contribution in [2.75, 3.05) is 6.61 Å². The number of halogens is 1. The van der Waals surface area contributed by atoms with Gasteiger partial charge < -0.3 is 5.11 Å². The van der Waals surface area contributed by atoms with Crippen LogP contribution in [0.3, 0.4) is 0 Å². The number of hydrogen-bond donors (Lipinski definition) is 1. The first-order valence-corrected chi connectivity index (χ1v) is 11.7. The molecule has 1 aromatic carbocycles. The number of hydrogen-bond acceptors (Lipinski definition) is 4. The molecular formula is C24H27FN4OS. The average Bonchev–Trinajstić information content (AvgIpc) is 3.37. The minimum atomic E-state index is -0.251. The fraction of sp³-hybridized carbons (Fsp3) is 0.417. The molecule has 1 saturated carbocycles. The van der Waals surface area contributed by atoms with E-state index in [1.807, 2.05) is 40.6 Å². The Labute approximate surface area is 186 Å². The molecule has 31 heavy (non-hydrogen) atoms. The van der Waals surface area contributed by atoms with Crippen molar-refractivity contribution in [3.8, 4) is 5.69 Å². The zero-order valence-corrected chi connectivity index (χ0v) is 18.6. The topological polar surface area (TPSA) is 55.9 Å². The van der Waals surface area contributed by atoms with Gasteiger partial charge in [0.2, 0.25) is 0 Å². The van der Waals surface area contributed by atoms with Gasteiger partial charge in [0, 0.05) is 28.8 Å². The van der Waals surface area contributed by atoms with Crippen molar-refractivity contribution in [3.05, 3.63) is 65.5 Å². The molecule has 2 heterocycles. The Morgan fingerprint density at radius 3 is 2.77 bits per heavy atom. The number of fused-ring (bicyclic) bond motifs is 2. The van der Waals surface area contributed by atoms with Gasteiger partial charge in [0.25, 0.3) is 0 Å². The standard InChI is InChI=1S/C24H27FN4OS/c1-16(31-22-13-26-28(2)14-22)17-3-4-19-9-23-18(11-24(19,10-17)15-30)12-27-29(23)21-7-5-20(25)6-8-21/h5-9,12-14,16-17,30H,3-4,10-11,15H2,1-2H3/t16?,17-,24-/m0/s1. The lowest BCUT2D eigenvalue weighted by Crippen LogP contribution is -2.40. The molecule has 3 aromatic rings. The van der Waals surface area contributed by atoms with Gasteiger partial charge in [-0.05, 0) is 67.5 Å². The zero-order chi connectivity index (χ0) is 21.6. The number of nitrogens with zero attached hydrogens (tertiary/aromatic N) is 4. The van der Waals surface area contributed by atoms with Gasteiger partial charge in [-0.1, -0.05) is 12.5 Å². The number of rotatable bonds is 5. The number of thioether (sulfide) groups is 1. The van der Waals surface area contributed by atoms with Crippen LogP contribution in [-0.4, -0.2) is 36.5 Å². The number of aliphatic hydroxyl groups is 1. The van der Waals surface area contributed by atoms with E-state index in [1.54, 1.807) is 12.1 Å². The Morgan fingerprint density at radius 1 is 1.26 bits per heavy atom. The lowest BCUT2D eigenvalue weighted by atomic mass is 9.61. The third kappa shape index (κ3) is 3.74. The largest absolute Gasteiger partial charge is 0.395 e. The van der Waals surface area contributed by atoms with Crippen molar-refractivity contribution in [1.82, 2.24) is 19.6 Å².